The van der Waals surface area contributed by atoms with E-state index >= 15 is 0 Å². The number of piperidine rings is 1. The molecule has 1 N–H and O–H groups in total. The van der Waals surface area contributed by atoms with Crippen molar-refractivity contribution in [2.75, 3.05) is 25.1 Å². The maximum atomic E-state index is 10.8. The van der Waals surface area contributed by atoms with Gasteiger partial charge in [0.1, 0.15) is 0 Å². The zero-order valence-electron chi connectivity index (χ0n) is 10.9. The van der Waals surface area contributed by atoms with Gasteiger partial charge in [-0.2, -0.15) is 15.0 Å². The highest BCUT2D eigenvalue weighted by atomic mass is 16.6. The Kier molecular flexibility index (Phi) is 4.23. The molecule has 0 aliphatic carbocycles. The summed E-state index contributed by atoms with van der Waals surface area (Å²) in [4.78, 5) is 23.6. The first-order valence-electron chi connectivity index (χ1n) is 6.07. The molecule has 1 fully saturated rings. The first kappa shape index (κ1) is 13.9. The standard InChI is InChI=1S/C10H14N6O4/c1-20-10-12-7(8(14-17)16(18)19)11-9(13-10)15-5-3-2-4-6-15/h17H,2-6H2,1H3/b14-8-. The number of oxime groups is 1. The summed E-state index contributed by atoms with van der Waals surface area (Å²) in [6.07, 6.45) is 3.13. The second-order valence-corrected chi connectivity index (χ2v) is 4.17. The average Bonchev–Trinajstić information content (AvgIpc) is 2.48. The summed E-state index contributed by atoms with van der Waals surface area (Å²) in [5.41, 5.74) is 0. The predicted molar refractivity (Wildman–Crippen MR) is 67.8 cm³/mol. The molecule has 0 atom stereocenters. The minimum atomic E-state index is -0.866. The summed E-state index contributed by atoms with van der Waals surface area (Å²) in [7, 11) is 1.35. The van der Waals surface area contributed by atoms with E-state index in [-0.39, 0.29) is 17.8 Å². The first-order valence-corrected chi connectivity index (χ1v) is 6.07. The molecular weight excluding hydrogens is 268 g/mol. The number of aromatic nitrogens is 3. The molecule has 0 spiro atoms. The third kappa shape index (κ3) is 2.90. The van der Waals surface area contributed by atoms with Crippen molar-refractivity contribution < 1.29 is 14.9 Å². The van der Waals surface area contributed by atoms with Gasteiger partial charge in [0.2, 0.25) is 5.95 Å². The van der Waals surface area contributed by atoms with Gasteiger partial charge < -0.3 is 25.0 Å². The van der Waals surface area contributed by atoms with Crippen LogP contribution in [0.4, 0.5) is 5.95 Å². The van der Waals surface area contributed by atoms with Crippen molar-refractivity contribution in [1.82, 2.24) is 15.0 Å². The maximum absolute atomic E-state index is 10.8. The van der Waals surface area contributed by atoms with Crippen LogP contribution >= 0.6 is 0 Å². The minimum absolute atomic E-state index is 0.0569. The van der Waals surface area contributed by atoms with Crippen LogP contribution in [0, 0.1) is 10.1 Å². The Morgan fingerprint density at radius 2 is 2.05 bits per heavy atom. The van der Waals surface area contributed by atoms with Crippen molar-refractivity contribution in [3.8, 4) is 6.01 Å². The van der Waals surface area contributed by atoms with Crippen LogP contribution < -0.4 is 9.64 Å². The van der Waals surface area contributed by atoms with Gasteiger partial charge in [-0.1, -0.05) is 0 Å². The third-order valence-corrected chi connectivity index (χ3v) is 2.89. The van der Waals surface area contributed by atoms with Crippen molar-refractivity contribution >= 4 is 11.8 Å². The lowest BCUT2D eigenvalue weighted by Gasteiger charge is -2.26. The van der Waals surface area contributed by atoms with Gasteiger partial charge in [-0.05, 0) is 24.2 Å². The number of methoxy groups -OCH3 is 1. The van der Waals surface area contributed by atoms with Crippen LogP contribution in [0.5, 0.6) is 6.01 Å². The van der Waals surface area contributed by atoms with E-state index in [1.165, 1.54) is 7.11 Å². The number of nitrogens with zero attached hydrogens (tertiary/aromatic N) is 6. The zero-order chi connectivity index (χ0) is 14.5. The smallest absolute Gasteiger partial charge is 0.454 e. The monoisotopic (exact) mass is 282 g/mol. The fourth-order valence-electron chi connectivity index (χ4n) is 1.94. The second-order valence-electron chi connectivity index (χ2n) is 4.17. The number of anilines is 1. The molecule has 0 bridgehead atoms. The van der Waals surface area contributed by atoms with Crippen LogP contribution in [0.1, 0.15) is 25.1 Å². The summed E-state index contributed by atoms with van der Waals surface area (Å²) in [6, 6.07) is -0.0569. The number of hydrogen-bond donors (Lipinski definition) is 1. The van der Waals surface area contributed by atoms with Gasteiger partial charge in [0, 0.05) is 13.1 Å². The van der Waals surface area contributed by atoms with E-state index in [0.717, 1.165) is 32.4 Å². The Morgan fingerprint density at radius 1 is 1.35 bits per heavy atom. The number of nitro groups is 1. The lowest BCUT2D eigenvalue weighted by Crippen LogP contribution is -2.32. The van der Waals surface area contributed by atoms with E-state index in [9.17, 15) is 10.1 Å². The Bertz CT molecular complexity index is 528. The van der Waals surface area contributed by atoms with Crippen molar-refractivity contribution in [3.63, 3.8) is 0 Å². The molecule has 2 heterocycles. The van der Waals surface area contributed by atoms with Crippen LogP contribution in [0.25, 0.3) is 0 Å². The highest BCUT2D eigenvalue weighted by Crippen LogP contribution is 2.18. The molecule has 20 heavy (non-hydrogen) atoms. The highest BCUT2D eigenvalue weighted by molar-refractivity contribution is 5.88. The quantitative estimate of drug-likeness (QED) is 0.275. The zero-order valence-corrected chi connectivity index (χ0v) is 10.9. The molecule has 0 unspecified atom stereocenters. The topological polar surface area (TPSA) is 127 Å². The average molecular weight is 282 g/mol. The van der Waals surface area contributed by atoms with E-state index in [2.05, 4.69) is 20.1 Å². The second kappa shape index (κ2) is 6.08. The SMILES string of the molecule is COc1nc(/C(=N/O)[N+](=O)[O-])nc(N2CCCCC2)n1. The summed E-state index contributed by atoms with van der Waals surface area (Å²) in [6.45, 7) is 1.52. The van der Waals surface area contributed by atoms with E-state index in [0.29, 0.717) is 0 Å². The molecule has 1 saturated heterocycles. The fraction of sp³-hybridized carbons (Fsp3) is 0.600. The lowest BCUT2D eigenvalue weighted by molar-refractivity contribution is -0.351. The molecule has 108 valence electrons. The predicted octanol–water partition coefficient (Wildman–Crippen LogP) is 0.283. The molecule has 2 rings (SSSR count). The van der Waals surface area contributed by atoms with E-state index in [1.54, 1.807) is 0 Å². The van der Waals surface area contributed by atoms with E-state index in [4.69, 9.17) is 9.94 Å². The summed E-state index contributed by atoms with van der Waals surface area (Å²) >= 11 is 0. The van der Waals surface area contributed by atoms with Gasteiger partial charge in [-0.3, -0.25) is 0 Å². The van der Waals surface area contributed by atoms with Crippen LogP contribution in [-0.2, 0) is 0 Å². The van der Waals surface area contributed by atoms with Gasteiger partial charge in [-0.25, -0.2) is 0 Å². The van der Waals surface area contributed by atoms with Crippen molar-refractivity contribution in [2.45, 2.75) is 19.3 Å². The number of rotatable bonds is 3. The molecule has 10 heteroatoms. The van der Waals surface area contributed by atoms with Gasteiger partial charge in [0.25, 0.3) is 5.82 Å². The maximum Gasteiger partial charge on any atom is 0.454 e. The van der Waals surface area contributed by atoms with Crippen molar-refractivity contribution in [3.05, 3.63) is 15.9 Å². The summed E-state index contributed by atoms with van der Waals surface area (Å²) < 4.78 is 4.91. The third-order valence-electron chi connectivity index (χ3n) is 2.89. The van der Waals surface area contributed by atoms with Crippen LogP contribution in [0.15, 0.2) is 5.16 Å². The van der Waals surface area contributed by atoms with Crippen LogP contribution in [0.3, 0.4) is 0 Å². The van der Waals surface area contributed by atoms with Gasteiger partial charge >= 0.3 is 11.8 Å². The van der Waals surface area contributed by atoms with Gasteiger partial charge in [0.05, 0.1) is 7.11 Å². The van der Waals surface area contributed by atoms with Crippen LogP contribution in [0.2, 0.25) is 0 Å². The van der Waals surface area contributed by atoms with E-state index in [1.807, 2.05) is 4.90 Å². The Morgan fingerprint density at radius 3 is 2.60 bits per heavy atom. The Labute approximate surface area is 114 Å². The molecule has 0 aromatic carbocycles. The fourth-order valence-corrected chi connectivity index (χ4v) is 1.94. The molecule has 10 nitrogen and oxygen atoms in total. The molecule has 0 saturated carbocycles. The molecule has 0 radical (unpaired) electrons. The normalized spacial score (nSPS) is 16.1. The van der Waals surface area contributed by atoms with E-state index < -0.39 is 10.8 Å². The van der Waals surface area contributed by atoms with Gasteiger partial charge in [-0.15, -0.1) is 0 Å². The largest absolute Gasteiger partial charge is 0.467 e. The minimum Gasteiger partial charge on any atom is -0.467 e. The Balaban J connectivity index is 2.40. The molecule has 1 aromatic heterocycles. The summed E-state index contributed by atoms with van der Waals surface area (Å²) in [5.74, 6) is -0.886. The lowest BCUT2D eigenvalue weighted by atomic mass is 10.1. The highest BCUT2D eigenvalue weighted by Gasteiger charge is 2.25. The number of hydrogen-bond acceptors (Lipinski definition) is 9. The van der Waals surface area contributed by atoms with Gasteiger partial charge in [0.15, 0.2) is 5.16 Å². The van der Waals surface area contributed by atoms with Crippen LogP contribution in [-0.4, -0.2) is 51.1 Å². The molecule has 0 amide bonds. The molecule has 1 aliphatic heterocycles. The molecule has 1 aromatic rings. The number of ether oxygens (including phenoxy) is 1. The molecular formula is C10H14N6O4. The first-order chi connectivity index (χ1) is 9.65. The number of amidine groups is 1. The molecule has 1 aliphatic rings. The Hall–Kier alpha value is -2.52. The van der Waals surface area contributed by atoms with Crippen molar-refractivity contribution in [2.24, 2.45) is 5.16 Å². The van der Waals surface area contributed by atoms with Crippen molar-refractivity contribution in [1.29, 1.82) is 0 Å². The summed E-state index contributed by atoms with van der Waals surface area (Å²) in [5, 5.41) is 22.1.